The molecule has 0 spiro atoms. The summed E-state index contributed by atoms with van der Waals surface area (Å²) in [5, 5.41) is 2.96. The van der Waals surface area contributed by atoms with Crippen molar-refractivity contribution in [1.29, 1.82) is 0 Å². The lowest BCUT2D eigenvalue weighted by atomic mass is 9.94. The predicted molar refractivity (Wildman–Crippen MR) is 106 cm³/mol. The molecule has 4 heteroatoms. The molecule has 4 nitrogen and oxygen atoms in total. The van der Waals surface area contributed by atoms with Gasteiger partial charge >= 0.3 is 0 Å². The first-order valence-electron chi connectivity index (χ1n) is 9.15. The molecule has 0 aliphatic carbocycles. The minimum Gasteiger partial charge on any atom is -0.322 e. The van der Waals surface area contributed by atoms with E-state index in [9.17, 15) is 9.59 Å². The van der Waals surface area contributed by atoms with Gasteiger partial charge in [0.2, 0.25) is 5.91 Å². The van der Waals surface area contributed by atoms with Crippen LogP contribution in [-0.2, 0) is 17.6 Å². The molecule has 2 amide bonds. The largest absolute Gasteiger partial charge is 0.322 e. The van der Waals surface area contributed by atoms with Crippen LogP contribution >= 0.6 is 0 Å². The highest BCUT2D eigenvalue weighted by Crippen LogP contribution is 2.33. The first-order chi connectivity index (χ1) is 12.3. The Morgan fingerprint density at radius 3 is 2.38 bits per heavy atom. The highest BCUT2D eigenvalue weighted by Gasteiger charge is 2.32. The molecule has 2 aromatic carbocycles. The number of nitrogens with one attached hydrogen (secondary N) is 1. The third kappa shape index (κ3) is 3.64. The first-order valence-corrected chi connectivity index (χ1v) is 9.15. The van der Waals surface area contributed by atoms with Gasteiger partial charge in [-0.2, -0.15) is 0 Å². The minimum absolute atomic E-state index is 0.117. The standard InChI is InChI=1S/C22H26N2O2/c1-5-15-6-8-16(9-7-15)20(25)23-18-10-11-19-17(14-18)12-13-24(19)21(26)22(2,3)4/h6-11,14H,5,12-13H2,1-4H3,(H,23,25). The quantitative estimate of drug-likeness (QED) is 0.890. The van der Waals surface area contributed by atoms with Crippen LogP contribution < -0.4 is 10.2 Å². The Morgan fingerprint density at radius 2 is 1.77 bits per heavy atom. The zero-order chi connectivity index (χ0) is 18.9. The molecule has 3 rings (SSSR count). The fourth-order valence-corrected chi connectivity index (χ4v) is 3.19. The monoisotopic (exact) mass is 350 g/mol. The number of fused-ring (bicyclic) bond motifs is 1. The number of rotatable bonds is 3. The Hall–Kier alpha value is -2.62. The van der Waals surface area contributed by atoms with Crippen LogP contribution in [0.4, 0.5) is 11.4 Å². The van der Waals surface area contributed by atoms with Crippen molar-refractivity contribution in [1.82, 2.24) is 0 Å². The van der Waals surface area contributed by atoms with E-state index in [0.717, 1.165) is 29.8 Å². The van der Waals surface area contributed by atoms with Crippen LogP contribution in [-0.4, -0.2) is 18.4 Å². The van der Waals surface area contributed by atoms with Crippen LogP contribution in [0.5, 0.6) is 0 Å². The van der Waals surface area contributed by atoms with E-state index < -0.39 is 5.41 Å². The van der Waals surface area contributed by atoms with Gasteiger partial charge in [-0.25, -0.2) is 0 Å². The molecule has 1 heterocycles. The maximum absolute atomic E-state index is 12.6. The fourth-order valence-electron chi connectivity index (χ4n) is 3.19. The molecule has 0 saturated heterocycles. The number of carbonyl (C=O) groups is 2. The van der Waals surface area contributed by atoms with Crippen LogP contribution in [0.1, 0.15) is 49.2 Å². The number of anilines is 2. The van der Waals surface area contributed by atoms with Crippen molar-refractivity contribution < 1.29 is 9.59 Å². The second-order valence-electron chi connectivity index (χ2n) is 7.80. The molecule has 2 aromatic rings. The Bertz CT molecular complexity index is 832. The third-order valence-corrected chi connectivity index (χ3v) is 4.74. The highest BCUT2D eigenvalue weighted by molar-refractivity contribution is 6.05. The summed E-state index contributed by atoms with van der Waals surface area (Å²) < 4.78 is 0. The number of carbonyl (C=O) groups excluding carboxylic acids is 2. The summed E-state index contributed by atoms with van der Waals surface area (Å²) in [4.78, 5) is 26.9. The molecule has 1 aliphatic rings. The number of benzene rings is 2. The lowest BCUT2D eigenvalue weighted by Gasteiger charge is -2.26. The van der Waals surface area contributed by atoms with Crippen molar-refractivity contribution in [2.24, 2.45) is 5.41 Å². The summed E-state index contributed by atoms with van der Waals surface area (Å²) in [5.74, 6) is 0.0114. The van der Waals surface area contributed by atoms with E-state index >= 15 is 0 Å². The van der Waals surface area contributed by atoms with Crippen molar-refractivity contribution in [2.75, 3.05) is 16.8 Å². The van der Waals surface area contributed by atoms with Crippen LogP contribution in [0.25, 0.3) is 0 Å². The molecule has 136 valence electrons. The Kier molecular flexibility index (Phi) is 4.86. The van der Waals surface area contributed by atoms with Crippen molar-refractivity contribution in [3.8, 4) is 0 Å². The molecule has 0 saturated carbocycles. The van der Waals surface area contributed by atoms with Crippen LogP contribution in [0, 0.1) is 5.41 Å². The average Bonchev–Trinajstić information content (AvgIpc) is 3.03. The van der Waals surface area contributed by atoms with E-state index in [1.165, 1.54) is 5.56 Å². The average molecular weight is 350 g/mol. The molecular formula is C22H26N2O2. The van der Waals surface area contributed by atoms with Crippen LogP contribution in [0.2, 0.25) is 0 Å². The predicted octanol–water partition coefficient (Wildman–Crippen LogP) is 4.44. The van der Waals surface area contributed by atoms with E-state index in [0.29, 0.717) is 12.1 Å². The van der Waals surface area contributed by atoms with Crippen molar-refractivity contribution >= 4 is 23.2 Å². The maximum atomic E-state index is 12.6. The van der Waals surface area contributed by atoms with Crippen molar-refractivity contribution in [2.45, 2.75) is 40.5 Å². The lowest BCUT2D eigenvalue weighted by Crippen LogP contribution is -2.38. The van der Waals surface area contributed by atoms with Gasteiger partial charge in [-0.1, -0.05) is 39.8 Å². The zero-order valence-electron chi connectivity index (χ0n) is 15.9. The lowest BCUT2D eigenvalue weighted by molar-refractivity contribution is -0.125. The maximum Gasteiger partial charge on any atom is 0.255 e. The summed E-state index contributed by atoms with van der Waals surface area (Å²) in [6.45, 7) is 8.60. The van der Waals surface area contributed by atoms with Crippen LogP contribution in [0.3, 0.4) is 0 Å². The van der Waals surface area contributed by atoms with Gasteiger partial charge in [-0.05, 0) is 54.3 Å². The van der Waals surface area contributed by atoms with Gasteiger partial charge in [0.1, 0.15) is 0 Å². The Balaban J connectivity index is 1.75. The number of nitrogens with zero attached hydrogens (tertiary/aromatic N) is 1. The van der Waals surface area contributed by atoms with E-state index in [-0.39, 0.29) is 11.8 Å². The molecule has 0 aromatic heterocycles. The SMILES string of the molecule is CCc1ccc(C(=O)Nc2ccc3c(c2)CCN3C(=O)C(C)(C)C)cc1. The number of aryl methyl sites for hydroxylation is 1. The second kappa shape index (κ2) is 6.94. The second-order valence-corrected chi connectivity index (χ2v) is 7.80. The van der Waals surface area contributed by atoms with Gasteiger partial charge in [-0.15, -0.1) is 0 Å². The normalized spacial score (nSPS) is 13.5. The van der Waals surface area contributed by atoms with Crippen molar-refractivity contribution in [3.63, 3.8) is 0 Å². The highest BCUT2D eigenvalue weighted by atomic mass is 16.2. The molecule has 0 unspecified atom stereocenters. The molecule has 0 bridgehead atoms. The van der Waals surface area contributed by atoms with Gasteiger partial charge in [0, 0.05) is 28.9 Å². The van der Waals surface area contributed by atoms with E-state index in [1.54, 1.807) is 0 Å². The zero-order valence-corrected chi connectivity index (χ0v) is 15.9. The third-order valence-electron chi connectivity index (χ3n) is 4.74. The van der Waals surface area contributed by atoms with Crippen molar-refractivity contribution in [3.05, 3.63) is 59.2 Å². The molecular weight excluding hydrogens is 324 g/mol. The number of hydrogen-bond acceptors (Lipinski definition) is 2. The Morgan fingerprint density at radius 1 is 1.08 bits per heavy atom. The van der Waals surface area contributed by atoms with Gasteiger partial charge in [0.05, 0.1) is 0 Å². The summed E-state index contributed by atoms with van der Waals surface area (Å²) >= 11 is 0. The molecule has 0 radical (unpaired) electrons. The number of amides is 2. The van der Waals surface area contributed by atoms with Gasteiger partial charge in [0.15, 0.2) is 0 Å². The smallest absolute Gasteiger partial charge is 0.255 e. The van der Waals surface area contributed by atoms with Crippen LogP contribution in [0.15, 0.2) is 42.5 Å². The topological polar surface area (TPSA) is 49.4 Å². The molecule has 0 fully saturated rings. The van der Waals surface area contributed by atoms with Gasteiger partial charge in [-0.3, -0.25) is 9.59 Å². The molecule has 0 atom stereocenters. The summed E-state index contributed by atoms with van der Waals surface area (Å²) in [7, 11) is 0. The first kappa shape index (κ1) is 18.2. The summed E-state index contributed by atoms with van der Waals surface area (Å²) in [6.07, 6.45) is 1.77. The summed E-state index contributed by atoms with van der Waals surface area (Å²) in [5.41, 5.74) is 4.27. The van der Waals surface area contributed by atoms with Gasteiger partial charge in [0.25, 0.3) is 5.91 Å². The Labute approximate surface area is 155 Å². The molecule has 26 heavy (non-hydrogen) atoms. The molecule has 1 aliphatic heterocycles. The minimum atomic E-state index is -0.404. The summed E-state index contributed by atoms with van der Waals surface area (Å²) in [6, 6.07) is 13.4. The van der Waals surface area contributed by atoms with E-state index in [2.05, 4.69) is 12.2 Å². The number of hydrogen-bond donors (Lipinski definition) is 1. The van der Waals surface area contributed by atoms with E-state index in [4.69, 9.17) is 0 Å². The fraction of sp³-hybridized carbons (Fsp3) is 0.364. The van der Waals surface area contributed by atoms with E-state index in [1.807, 2.05) is 68.1 Å². The van der Waals surface area contributed by atoms with Gasteiger partial charge < -0.3 is 10.2 Å². The molecule has 1 N–H and O–H groups in total.